The van der Waals surface area contributed by atoms with Crippen LogP contribution in [0.2, 0.25) is 0 Å². The van der Waals surface area contributed by atoms with Gasteiger partial charge in [0.1, 0.15) is 11.3 Å². The lowest BCUT2D eigenvalue weighted by Gasteiger charge is -2.14. The van der Waals surface area contributed by atoms with E-state index in [1.54, 1.807) is 16.9 Å². The lowest BCUT2D eigenvalue weighted by Crippen LogP contribution is -2.34. The minimum Gasteiger partial charge on any atom is -0.467 e. The Morgan fingerprint density at radius 3 is 2.81 bits per heavy atom. The van der Waals surface area contributed by atoms with Crippen LogP contribution in [0.5, 0.6) is 0 Å². The van der Waals surface area contributed by atoms with Crippen LogP contribution in [0, 0.1) is 6.92 Å². The first-order valence-electron chi connectivity index (χ1n) is 10.6. The zero-order valence-corrected chi connectivity index (χ0v) is 18.9. The third-order valence-electron chi connectivity index (χ3n) is 5.18. The quantitative estimate of drug-likeness (QED) is 0.298. The van der Waals surface area contributed by atoms with Crippen LogP contribution in [-0.4, -0.2) is 32.2 Å². The standard InChI is InChI=1S/C24H26N4O3S/c1-16(10-11-18-7-4-3-5-8-18)25-21(29)15-32-24-27-20-13-17(2)26-22(20)23(30)28(24)14-19-9-6-12-31-19/h3-9,12-13,16,26H,10-11,14-15H2,1-2H3,(H,25,29)/t16-/m1/s1. The normalized spacial score (nSPS) is 12.2. The van der Waals surface area contributed by atoms with Crippen LogP contribution in [0.25, 0.3) is 11.0 Å². The molecular weight excluding hydrogens is 424 g/mol. The number of furan rings is 1. The molecule has 0 radical (unpaired) electrons. The highest BCUT2D eigenvalue weighted by Crippen LogP contribution is 2.19. The first kappa shape index (κ1) is 22.0. The Morgan fingerprint density at radius 1 is 1.25 bits per heavy atom. The van der Waals surface area contributed by atoms with Crippen molar-refractivity contribution >= 4 is 28.7 Å². The summed E-state index contributed by atoms with van der Waals surface area (Å²) in [6.07, 6.45) is 3.34. The summed E-state index contributed by atoms with van der Waals surface area (Å²) in [6.45, 7) is 4.14. The molecule has 0 spiro atoms. The smallest absolute Gasteiger partial charge is 0.278 e. The highest BCUT2D eigenvalue weighted by Gasteiger charge is 2.16. The molecule has 32 heavy (non-hydrogen) atoms. The van der Waals surface area contributed by atoms with Gasteiger partial charge in [0, 0.05) is 11.7 Å². The molecule has 4 aromatic rings. The maximum atomic E-state index is 13.1. The number of aromatic amines is 1. The van der Waals surface area contributed by atoms with Gasteiger partial charge in [-0.05, 0) is 50.5 Å². The molecule has 7 nitrogen and oxygen atoms in total. The van der Waals surface area contributed by atoms with E-state index in [0.717, 1.165) is 18.5 Å². The highest BCUT2D eigenvalue weighted by atomic mass is 32.2. The fourth-order valence-corrected chi connectivity index (χ4v) is 4.38. The molecule has 4 rings (SSSR count). The number of aromatic nitrogens is 3. The lowest BCUT2D eigenvalue weighted by molar-refractivity contribution is -0.119. The van der Waals surface area contributed by atoms with E-state index in [9.17, 15) is 9.59 Å². The first-order valence-corrected chi connectivity index (χ1v) is 11.6. The van der Waals surface area contributed by atoms with E-state index in [1.807, 2.05) is 44.2 Å². The highest BCUT2D eigenvalue weighted by molar-refractivity contribution is 7.99. The largest absolute Gasteiger partial charge is 0.467 e. The van der Waals surface area contributed by atoms with E-state index in [1.165, 1.54) is 17.3 Å². The molecule has 1 aromatic carbocycles. The van der Waals surface area contributed by atoms with Crippen molar-refractivity contribution in [2.45, 2.75) is 44.4 Å². The first-order chi connectivity index (χ1) is 15.5. The average Bonchev–Trinajstić information content (AvgIpc) is 3.43. The second-order valence-electron chi connectivity index (χ2n) is 7.86. The van der Waals surface area contributed by atoms with E-state index >= 15 is 0 Å². The van der Waals surface area contributed by atoms with E-state index < -0.39 is 0 Å². The van der Waals surface area contributed by atoms with Crippen molar-refractivity contribution in [3.63, 3.8) is 0 Å². The minimum absolute atomic E-state index is 0.0522. The van der Waals surface area contributed by atoms with Crippen molar-refractivity contribution < 1.29 is 9.21 Å². The minimum atomic E-state index is -0.182. The molecule has 0 aliphatic carbocycles. The predicted molar refractivity (Wildman–Crippen MR) is 126 cm³/mol. The van der Waals surface area contributed by atoms with Crippen molar-refractivity contribution in [2.75, 3.05) is 5.75 Å². The van der Waals surface area contributed by atoms with Crippen LogP contribution in [0.1, 0.15) is 30.4 Å². The predicted octanol–water partition coefficient (Wildman–Crippen LogP) is 3.90. The molecule has 3 aromatic heterocycles. The van der Waals surface area contributed by atoms with E-state index in [4.69, 9.17) is 4.42 Å². The van der Waals surface area contributed by atoms with Crippen LogP contribution in [0.15, 0.2) is 69.2 Å². The third kappa shape index (κ3) is 5.31. The Kier molecular flexibility index (Phi) is 6.80. The van der Waals surface area contributed by atoms with Crippen LogP contribution < -0.4 is 10.9 Å². The number of nitrogens with zero attached hydrogens (tertiary/aromatic N) is 2. The number of hydrogen-bond donors (Lipinski definition) is 2. The number of benzene rings is 1. The Labute approximate surface area is 190 Å². The van der Waals surface area contributed by atoms with E-state index in [-0.39, 0.29) is 29.8 Å². The average molecular weight is 451 g/mol. The van der Waals surface area contributed by atoms with Gasteiger partial charge in [-0.1, -0.05) is 42.1 Å². The molecule has 0 fully saturated rings. The summed E-state index contributed by atoms with van der Waals surface area (Å²) in [5.74, 6) is 0.743. The summed E-state index contributed by atoms with van der Waals surface area (Å²) in [5, 5.41) is 3.53. The van der Waals surface area contributed by atoms with Crippen molar-refractivity contribution in [3.05, 3.63) is 82.2 Å². The zero-order chi connectivity index (χ0) is 22.5. The number of nitrogens with one attached hydrogen (secondary N) is 2. The van der Waals surface area contributed by atoms with Gasteiger partial charge in [-0.15, -0.1) is 0 Å². The van der Waals surface area contributed by atoms with Gasteiger partial charge in [0.25, 0.3) is 5.56 Å². The van der Waals surface area contributed by atoms with Gasteiger partial charge in [-0.25, -0.2) is 4.98 Å². The molecule has 0 saturated heterocycles. The van der Waals surface area contributed by atoms with Gasteiger partial charge in [0.05, 0.1) is 24.1 Å². The zero-order valence-electron chi connectivity index (χ0n) is 18.1. The molecule has 0 unspecified atom stereocenters. The Hall–Kier alpha value is -3.26. The summed E-state index contributed by atoms with van der Waals surface area (Å²) in [6, 6.07) is 15.7. The maximum Gasteiger partial charge on any atom is 0.278 e. The fraction of sp³-hybridized carbons (Fsp3) is 0.292. The molecule has 0 aliphatic heterocycles. The van der Waals surface area contributed by atoms with Crippen molar-refractivity contribution in [1.82, 2.24) is 19.9 Å². The number of fused-ring (bicyclic) bond motifs is 1. The SMILES string of the molecule is Cc1cc2nc(SCC(=O)N[C@H](C)CCc3ccccc3)n(Cc3ccco3)c(=O)c2[nH]1. The summed E-state index contributed by atoms with van der Waals surface area (Å²) in [5.41, 5.74) is 2.99. The van der Waals surface area contributed by atoms with Crippen molar-refractivity contribution in [1.29, 1.82) is 0 Å². The van der Waals surface area contributed by atoms with Crippen LogP contribution in [-0.2, 0) is 17.8 Å². The van der Waals surface area contributed by atoms with Crippen LogP contribution in [0.4, 0.5) is 0 Å². The summed E-state index contributed by atoms with van der Waals surface area (Å²) in [4.78, 5) is 33.3. The summed E-state index contributed by atoms with van der Waals surface area (Å²) < 4.78 is 6.97. The van der Waals surface area contributed by atoms with Crippen LogP contribution >= 0.6 is 11.8 Å². The summed E-state index contributed by atoms with van der Waals surface area (Å²) >= 11 is 1.26. The second-order valence-corrected chi connectivity index (χ2v) is 8.80. The number of amides is 1. The molecule has 166 valence electrons. The van der Waals surface area contributed by atoms with E-state index in [2.05, 4.69) is 27.4 Å². The van der Waals surface area contributed by atoms with Crippen molar-refractivity contribution in [3.8, 4) is 0 Å². The number of hydrogen-bond acceptors (Lipinski definition) is 5. The molecule has 0 bridgehead atoms. The van der Waals surface area contributed by atoms with Gasteiger partial charge in [0.2, 0.25) is 5.91 Å². The van der Waals surface area contributed by atoms with Gasteiger partial charge in [-0.3, -0.25) is 14.2 Å². The second kappa shape index (κ2) is 9.91. The molecule has 2 N–H and O–H groups in total. The number of rotatable bonds is 9. The maximum absolute atomic E-state index is 13.1. The van der Waals surface area contributed by atoms with E-state index in [0.29, 0.717) is 22.0 Å². The van der Waals surface area contributed by atoms with Gasteiger partial charge in [-0.2, -0.15) is 0 Å². The molecule has 0 saturated carbocycles. The molecule has 0 aliphatic rings. The van der Waals surface area contributed by atoms with Gasteiger partial charge >= 0.3 is 0 Å². The van der Waals surface area contributed by atoms with Gasteiger partial charge < -0.3 is 14.7 Å². The molecule has 1 atom stereocenters. The topological polar surface area (TPSA) is 92.9 Å². The molecular formula is C24H26N4O3S. The lowest BCUT2D eigenvalue weighted by atomic mass is 10.1. The van der Waals surface area contributed by atoms with Crippen LogP contribution in [0.3, 0.4) is 0 Å². The van der Waals surface area contributed by atoms with Crippen molar-refractivity contribution in [2.24, 2.45) is 0 Å². The number of carbonyl (C=O) groups is 1. The molecule has 8 heteroatoms. The Morgan fingerprint density at radius 2 is 2.06 bits per heavy atom. The summed E-state index contributed by atoms with van der Waals surface area (Å²) in [7, 11) is 0. The number of H-pyrrole nitrogens is 1. The third-order valence-corrected chi connectivity index (χ3v) is 6.16. The Balaban J connectivity index is 1.43. The number of thioether (sulfide) groups is 1. The monoisotopic (exact) mass is 450 g/mol. The molecule has 3 heterocycles. The fourth-order valence-electron chi connectivity index (χ4n) is 3.57. The Bertz CT molecular complexity index is 1250. The molecule has 1 amide bonds. The number of carbonyl (C=O) groups excluding carboxylic acids is 1. The number of aryl methyl sites for hydroxylation is 2. The van der Waals surface area contributed by atoms with Gasteiger partial charge in [0.15, 0.2) is 5.16 Å².